The summed E-state index contributed by atoms with van der Waals surface area (Å²) in [7, 11) is -3.70. The Kier molecular flexibility index (Phi) is 9.39. The van der Waals surface area contributed by atoms with Crippen LogP contribution in [0.1, 0.15) is 37.6 Å². The molecule has 3 N–H and O–H groups in total. The average Bonchev–Trinajstić information content (AvgIpc) is 2.67. The van der Waals surface area contributed by atoms with E-state index in [1.165, 1.54) is 28.6 Å². The van der Waals surface area contributed by atoms with Crippen molar-refractivity contribution in [3.05, 3.63) is 29.8 Å². The van der Waals surface area contributed by atoms with Crippen LogP contribution in [0, 0.1) is 0 Å². The molecule has 1 aromatic carbocycles. The van der Waals surface area contributed by atoms with E-state index < -0.39 is 27.9 Å². The number of amides is 3. The zero-order chi connectivity index (χ0) is 21.2. The summed E-state index contributed by atoms with van der Waals surface area (Å²) in [6.45, 7) is 5.99. The number of benzene rings is 1. The fourth-order valence-electron chi connectivity index (χ4n) is 2.23. The van der Waals surface area contributed by atoms with Gasteiger partial charge in [0.05, 0.1) is 11.5 Å². The zero-order valence-corrected chi connectivity index (χ0v) is 17.0. The van der Waals surface area contributed by atoms with Crippen LogP contribution in [0.4, 0.5) is 4.79 Å². The monoisotopic (exact) mass is 414 g/mol. The second kappa shape index (κ2) is 11.2. The summed E-state index contributed by atoms with van der Waals surface area (Å²) < 4.78 is 31.0. The standard InChI is InChI=1S/C17H26N4O6S/c1-4-21(5-2)28(25,26)14-9-7-8-13(12-14)16(23)20-19-15(22)10-11-18-17(24)27-6-3/h7-9,12H,4-6,10-11H2,1-3H3,(H,18,24)(H,19,22)(H,20,23). The number of hydrogen-bond acceptors (Lipinski definition) is 6. The molecule has 156 valence electrons. The van der Waals surface area contributed by atoms with Crippen molar-refractivity contribution in [2.45, 2.75) is 32.1 Å². The smallest absolute Gasteiger partial charge is 0.407 e. The van der Waals surface area contributed by atoms with Crippen LogP contribution in [0.2, 0.25) is 0 Å². The van der Waals surface area contributed by atoms with Gasteiger partial charge >= 0.3 is 6.09 Å². The van der Waals surface area contributed by atoms with Crippen molar-refractivity contribution in [1.82, 2.24) is 20.5 Å². The number of sulfonamides is 1. The Balaban J connectivity index is 2.64. The van der Waals surface area contributed by atoms with E-state index in [1.807, 2.05) is 0 Å². The van der Waals surface area contributed by atoms with Crippen LogP contribution < -0.4 is 16.2 Å². The number of carbonyl (C=O) groups excluding carboxylic acids is 3. The van der Waals surface area contributed by atoms with E-state index in [0.29, 0.717) is 13.1 Å². The number of hydrogen-bond donors (Lipinski definition) is 3. The minimum atomic E-state index is -3.70. The maximum atomic E-state index is 12.5. The second-order valence-electron chi connectivity index (χ2n) is 5.52. The van der Waals surface area contributed by atoms with Crippen LogP contribution in [0.3, 0.4) is 0 Å². The number of nitrogens with one attached hydrogen (secondary N) is 3. The molecule has 0 saturated carbocycles. The molecule has 1 aromatic rings. The molecule has 10 nitrogen and oxygen atoms in total. The van der Waals surface area contributed by atoms with Crippen LogP contribution in [0.25, 0.3) is 0 Å². The highest BCUT2D eigenvalue weighted by Gasteiger charge is 2.22. The summed E-state index contributed by atoms with van der Waals surface area (Å²) in [4.78, 5) is 35.0. The molecule has 0 saturated heterocycles. The molecule has 0 atom stereocenters. The number of alkyl carbamates (subject to hydrolysis) is 1. The lowest BCUT2D eigenvalue weighted by atomic mass is 10.2. The molecule has 0 heterocycles. The molecule has 0 fully saturated rings. The predicted molar refractivity (Wildman–Crippen MR) is 102 cm³/mol. The number of rotatable bonds is 9. The van der Waals surface area contributed by atoms with Crippen LogP contribution in [-0.2, 0) is 19.6 Å². The van der Waals surface area contributed by atoms with Crippen molar-refractivity contribution in [1.29, 1.82) is 0 Å². The fraction of sp³-hybridized carbons (Fsp3) is 0.471. The highest BCUT2D eigenvalue weighted by Crippen LogP contribution is 2.16. The van der Waals surface area contributed by atoms with Gasteiger partial charge in [0.15, 0.2) is 0 Å². The first-order chi connectivity index (χ1) is 13.3. The topological polar surface area (TPSA) is 134 Å². The minimum Gasteiger partial charge on any atom is -0.450 e. The van der Waals surface area contributed by atoms with Crippen molar-refractivity contribution in [2.24, 2.45) is 0 Å². The Labute approximate surface area is 164 Å². The molecule has 0 aromatic heterocycles. The van der Waals surface area contributed by atoms with E-state index in [2.05, 4.69) is 20.9 Å². The molecule has 0 radical (unpaired) electrons. The van der Waals surface area contributed by atoms with Gasteiger partial charge in [-0.1, -0.05) is 19.9 Å². The quantitative estimate of drug-likeness (QED) is 0.507. The van der Waals surface area contributed by atoms with Crippen molar-refractivity contribution < 1.29 is 27.5 Å². The molecule has 1 rings (SSSR count). The number of ether oxygens (including phenoxy) is 1. The molecule has 0 unspecified atom stereocenters. The third-order valence-electron chi connectivity index (χ3n) is 3.65. The van der Waals surface area contributed by atoms with Gasteiger partial charge in [0.25, 0.3) is 5.91 Å². The highest BCUT2D eigenvalue weighted by atomic mass is 32.2. The number of carbonyl (C=O) groups is 3. The zero-order valence-electron chi connectivity index (χ0n) is 16.1. The van der Waals surface area contributed by atoms with E-state index in [1.54, 1.807) is 20.8 Å². The second-order valence-corrected chi connectivity index (χ2v) is 7.45. The van der Waals surface area contributed by atoms with Crippen LogP contribution in [0.5, 0.6) is 0 Å². The Morgan fingerprint density at radius 2 is 1.75 bits per heavy atom. The molecule has 3 amide bonds. The van der Waals surface area contributed by atoms with Gasteiger partial charge < -0.3 is 10.1 Å². The molecule has 11 heteroatoms. The highest BCUT2D eigenvalue weighted by molar-refractivity contribution is 7.89. The number of hydrazine groups is 1. The Bertz CT molecular complexity index is 793. The van der Waals surface area contributed by atoms with Gasteiger partial charge in [0.2, 0.25) is 15.9 Å². The first-order valence-electron chi connectivity index (χ1n) is 8.86. The van der Waals surface area contributed by atoms with Crippen molar-refractivity contribution in [2.75, 3.05) is 26.2 Å². The van der Waals surface area contributed by atoms with Gasteiger partial charge in [-0.15, -0.1) is 0 Å². The van der Waals surface area contributed by atoms with Gasteiger partial charge in [0, 0.05) is 31.6 Å². The minimum absolute atomic E-state index is 0.00573. The van der Waals surface area contributed by atoms with Crippen molar-refractivity contribution >= 4 is 27.9 Å². The Hall–Kier alpha value is -2.66. The van der Waals surface area contributed by atoms with Gasteiger partial charge in [-0.2, -0.15) is 4.31 Å². The molecule has 0 bridgehead atoms. The van der Waals surface area contributed by atoms with E-state index >= 15 is 0 Å². The van der Waals surface area contributed by atoms with E-state index in [-0.39, 0.29) is 30.0 Å². The maximum Gasteiger partial charge on any atom is 0.407 e. The molecule has 0 aliphatic rings. The van der Waals surface area contributed by atoms with Crippen LogP contribution >= 0.6 is 0 Å². The number of nitrogens with zero attached hydrogens (tertiary/aromatic N) is 1. The molecule has 0 spiro atoms. The normalized spacial score (nSPS) is 11.0. The molecular weight excluding hydrogens is 388 g/mol. The fourth-order valence-corrected chi connectivity index (χ4v) is 3.74. The third kappa shape index (κ3) is 6.82. The SMILES string of the molecule is CCOC(=O)NCCC(=O)NNC(=O)c1cccc(S(=O)(=O)N(CC)CC)c1. The third-order valence-corrected chi connectivity index (χ3v) is 5.70. The largest absolute Gasteiger partial charge is 0.450 e. The lowest BCUT2D eigenvalue weighted by Crippen LogP contribution is -2.43. The lowest BCUT2D eigenvalue weighted by Gasteiger charge is -2.18. The lowest BCUT2D eigenvalue weighted by molar-refractivity contribution is -0.121. The molecule has 0 aliphatic heterocycles. The Morgan fingerprint density at radius 3 is 2.36 bits per heavy atom. The first-order valence-corrected chi connectivity index (χ1v) is 10.3. The van der Waals surface area contributed by atoms with Crippen molar-refractivity contribution in [3.8, 4) is 0 Å². The van der Waals surface area contributed by atoms with E-state index in [9.17, 15) is 22.8 Å². The summed E-state index contributed by atoms with van der Waals surface area (Å²) in [5.41, 5.74) is 4.49. The van der Waals surface area contributed by atoms with E-state index in [0.717, 1.165) is 0 Å². The summed E-state index contributed by atoms with van der Waals surface area (Å²) in [6.07, 6.45) is -0.708. The molecule has 0 aliphatic carbocycles. The van der Waals surface area contributed by atoms with Gasteiger partial charge in [-0.25, -0.2) is 13.2 Å². The summed E-state index contributed by atoms with van der Waals surface area (Å²) in [5, 5.41) is 2.37. The Morgan fingerprint density at radius 1 is 1.07 bits per heavy atom. The molecule has 28 heavy (non-hydrogen) atoms. The van der Waals surface area contributed by atoms with Crippen LogP contribution in [0.15, 0.2) is 29.2 Å². The summed E-state index contributed by atoms with van der Waals surface area (Å²) in [6, 6.07) is 5.54. The predicted octanol–water partition coefficient (Wildman–Crippen LogP) is 0.614. The first kappa shape index (κ1) is 23.4. The summed E-state index contributed by atoms with van der Waals surface area (Å²) >= 11 is 0. The van der Waals surface area contributed by atoms with Gasteiger partial charge in [0.1, 0.15) is 0 Å². The maximum absolute atomic E-state index is 12.5. The van der Waals surface area contributed by atoms with Gasteiger partial charge in [-0.05, 0) is 25.1 Å². The molecular formula is C17H26N4O6S. The van der Waals surface area contributed by atoms with Crippen molar-refractivity contribution in [3.63, 3.8) is 0 Å². The average molecular weight is 414 g/mol. The van der Waals surface area contributed by atoms with E-state index in [4.69, 9.17) is 0 Å². The summed E-state index contributed by atoms with van der Waals surface area (Å²) in [5.74, 6) is -1.19. The van der Waals surface area contributed by atoms with Crippen LogP contribution in [-0.4, -0.2) is 56.9 Å². The van der Waals surface area contributed by atoms with Gasteiger partial charge in [-0.3, -0.25) is 20.4 Å².